The standard InChI is InChI=1S/C16H25N3O3.ClH/c1-2-21-14-3-5-15(6-4-14)22-13-16(20)18-9-12-19-10-7-17-8-11-19;/h3-6,17H,2,7-13H2,1H3,(H,18,20);1H. The van der Waals surface area contributed by atoms with Gasteiger partial charge in [-0.25, -0.2) is 0 Å². The van der Waals surface area contributed by atoms with Gasteiger partial charge in [0.25, 0.3) is 5.91 Å². The molecule has 1 fully saturated rings. The van der Waals surface area contributed by atoms with Crippen molar-refractivity contribution in [2.45, 2.75) is 6.92 Å². The van der Waals surface area contributed by atoms with E-state index < -0.39 is 0 Å². The number of rotatable bonds is 8. The van der Waals surface area contributed by atoms with Crippen molar-refractivity contribution in [3.05, 3.63) is 24.3 Å². The third-order valence-electron chi connectivity index (χ3n) is 3.46. The summed E-state index contributed by atoms with van der Waals surface area (Å²) in [5.41, 5.74) is 0. The fourth-order valence-corrected chi connectivity index (χ4v) is 2.29. The van der Waals surface area contributed by atoms with Crippen molar-refractivity contribution >= 4 is 18.3 Å². The summed E-state index contributed by atoms with van der Waals surface area (Å²) in [6.45, 7) is 8.28. The average molecular weight is 344 g/mol. The van der Waals surface area contributed by atoms with Gasteiger partial charge in [0.1, 0.15) is 11.5 Å². The zero-order valence-electron chi connectivity index (χ0n) is 13.5. The number of hydrogen-bond donors (Lipinski definition) is 2. The van der Waals surface area contributed by atoms with Crippen LogP contribution in [0.2, 0.25) is 0 Å². The van der Waals surface area contributed by atoms with Crippen LogP contribution in [0.5, 0.6) is 11.5 Å². The first-order chi connectivity index (χ1) is 10.8. The molecular weight excluding hydrogens is 318 g/mol. The maximum atomic E-state index is 11.7. The summed E-state index contributed by atoms with van der Waals surface area (Å²) >= 11 is 0. The summed E-state index contributed by atoms with van der Waals surface area (Å²) in [6.07, 6.45) is 0. The molecule has 0 aliphatic carbocycles. The Labute approximate surface area is 143 Å². The fourth-order valence-electron chi connectivity index (χ4n) is 2.29. The molecule has 1 aliphatic heterocycles. The molecule has 1 aliphatic rings. The Kier molecular flexibility index (Phi) is 9.43. The Hall–Kier alpha value is -1.50. The van der Waals surface area contributed by atoms with Gasteiger partial charge < -0.3 is 20.1 Å². The van der Waals surface area contributed by atoms with Gasteiger partial charge in [-0.3, -0.25) is 9.69 Å². The van der Waals surface area contributed by atoms with Crippen LogP contribution in [0.3, 0.4) is 0 Å². The lowest BCUT2D eigenvalue weighted by atomic mass is 10.3. The lowest BCUT2D eigenvalue weighted by molar-refractivity contribution is -0.123. The van der Waals surface area contributed by atoms with Gasteiger partial charge in [0.15, 0.2) is 6.61 Å². The topological polar surface area (TPSA) is 62.8 Å². The van der Waals surface area contributed by atoms with Crippen LogP contribution in [0.4, 0.5) is 0 Å². The largest absolute Gasteiger partial charge is 0.494 e. The van der Waals surface area contributed by atoms with E-state index in [9.17, 15) is 4.79 Å². The van der Waals surface area contributed by atoms with Crippen LogP contribution in [0.25, 0.3) is 0 Å². The first-order valence-corrected chi connectivity index (χ1v) is 7.83. The van der Waals surface area contributed by atoms with Gasteiger partial charge in [-0.15, -0.1) is 12.4 Å². The molecule has 0 unspecified atom stereocenters. The van der Waals surface area contributed by atoms with Crippen molar-refractivity contribution in [1.29, 1.82) is 0 Å². The number of benzene rings is 1. The van der Waals surface area contributed by atoms with Crippen LogP contribution in [0, 0.1) is 0 Å². The monoisotopic (exact) mass is 343 g/mol. The van der Waals surface area contributed by atoms with Gasteiger partial charge in [-0.2, -0.15) is 0 Å². The molecule has 0 saturated carbocycles. The molecule has 0 atom stereocenters. The van der Waals surface area contributed by atoms with E-state index in [-0.39, 0.29) is 24.9 Å². The molecule has 7 heteroatoms. The van der Waals surface area contributed by atoms with Crippen LogP contribution in [0.1, 0.15) is 6.92 Å². The minimum atomic E-state index is -0.0935. The number of nitrogens with zero attached hydrogens (tertiary/aromatic N) is 1. The van der Waals surface area contributed by atoms with Gasteiger partial charge in [0.05, 0.1) is 6.61 Å². The first kappa shape index (κ1) is 19.5. The van der Waals surface area contributed by atoms with Gasteiger partial charge >= 0.3 is 0 Å². The minimum Gasteiger partial charge on any atom is -0.494 e. The Balaban J connectivity index is 0.00000264. The van der Waals surface area contributed by atoms with E-state index in [1.807, 2.05) is 19.1 Å². The highest BCUT2D eigenvalue weighted by Crippen LogP contribution is 2.17. The summed E-state index contributed by atoms with van der Waals surface area (Å²) in [6, 6.07) is 7.28. The fraction of sp³-hybridized carbons (Fsp3) is 0.562. The van der Waals surface area contributed by atoms with E-state index >= 15 is 0 Å². The van der Waals surface area contributed by atoms with Gasteiger partial charge in [0.2, 0.25) is 0 Å². The highest BCUT2D eigenvalue weighted by atomic mass is 35.5. The molecule has 1 heterocycles. The number of carbonyl (C=O) groups excluding carboxylic acids is 1. The van der Waals surface area contributed by atoms with Crippen LogP contribution in [-0.2, 0) is 4.79 Å². The third kappa shape index (κ3) is 7.54. The van der Waals surface area contributed by atoms with E-state index in [4.69, 9.17) is 9.47 Å². The van der Waals surface area contributed by atoms with Crippen LogP contribution in [0.15, 0.2) is 24.3 Å². The van der Waals surface area contributed by atoms with E-state index in [1.54, 1.807) is 12.1 Å². The molecule has 2 N–H and O–H groups in total. The van der Waals surface area contributed by atoms with E-state index in [2.05, 4.69) is 15.5 Å². The summed E-state index contributed by atoms with van der Waals surface area (Å²) in [4.78, 5) is 14.1. The molecule has 1 saturated heterocycles. The molecular formula is C16H26ClN3O3. The van der Waals surface area contributed by atoms with Gasteiger partial charge in [-0.05, 0) is 31.2 Å². The highest BCUT2D eigenvalue weighted by Gasteiger charge is 2.09. The maximum Gasteiger partial charge on any atom is 0.257 e. The number of halogens is 1. The molecule has 23 heavy (non-hydrogen) atoms. The Bertz CT molecular complexity index is 450. The summed E-state index contributed by atoms with van der Waals surface area (Å²) in [7, 11) is 0. The number of piperazine rings is 1. The van der Waals surface area contributed by atoms with Crippen LogP contribution >= 0.6 is 12.4 Å². The van der Waals surface area contributed by atoms with Crippen molar-refractivity contribution in [3.8, 4) is 11.5 Å². The molecule has 1 aromatic carbocycles. The molecule has 6 nitrogen and oxygen atoms in total. The van der Waals surface area contributed by atoms with Crippen molar-refractivity contribution in [2.24, 2.45) is 0 Å². The van der Waals surface area contributed by atoms with Crippen molar-refractivity contribution < 1.29 is 14.3 Å². The minimum absolute atomic E-state index is 0. The smallest absolute Gasteiger partial charge is 0.257 e. The molecule has 0 aromatic heterocycles. The number of amides is 1. The zero-order valence-corrected chi connectivity index (χ0v) is 14.4. The predicted molar refractivity (Wildman–Crippen MR) is 92.7 cm³/mol. The van der Waals surface area contributed by atoms with Crippen molar-refractivity contribution in [1.82, 2.24) is 15.5 Å². The van der Waals surface area contributed by atoms with Crippen molar-refractivity contribution in [2.75, 3.05) is 52.5 Å². The number of carbonyl (C=O) groups is 1. The summed E-state index contributed by atoms with van der Waals surface area (Å²) < 4.78 is 10.8. The first-order valence-electron chi connectivity index (χ1n) is 7.83. The zero-order chi connectivity index (χ0) is 15.6. The number of ether oxygens (including phenoxy) is 2. The molecule has 0 radical (unpaired) electrons. The number of nitrogens with one attached hydrogen (secondary N) is 2. The quantitative estimate of drug-likeness (QED) is 0.734. The average Bonchev–Trinajstić information content (AvgIpc) is 2.55. The second-order valence-electron chi connectivity index (χ2n) is 5.13. The molecule has 0 bridgehead atoms. The lowest BCUT2D eigenvalue weighted by Crippen LogP contribution is -2.46. The van der Waals surface area contributed by atoms with E-state index in [0.717, 1.165) is 38.5 Å². The van der Waals surface area contributed by atoms with Crippen molar-refractivity contribution in [3.63, 3.8) is 0 Å². The van der Waals surface area contributed by atoms with Gasteiger partial charge in [0, 0.05) is 39.3 Å². The maximum absolute atomic E-state index is 11.7. The van der Waals surface area contributed by atoms with Crippen LogP contribution in [-0.4, -0.2) is 63.3 Å². The Morgan fingerprint density at radius 2 is 1.78 bits per heavy atom. The molecule has 1 aromatic rings. The third-order valence-corrected chi connectivity index (χ3v) is 3.46. The molecule has 1 amide bonds. The summed E-state index contributed by atoms with van der Waals surface area (Å²) in [5, 5.41) is 6.19. The molecule has 130 valence electrons. The van der Waals surface area contributed by atoms with Gasteiger partial charge in [-0.1, -0.05) is 0 Å². The van der Waals surface area contributed by atoms with E-state index in [0.29, 0.717) is 18.9 Å². The highest BCUT2D eigenvalue weighted by molar-refractivity contribution is 5.85. The van der Waals surface area contributed by atoms with E-state index in [1.165, 1.54) is 0 Å². The lowest BCUT2D eigenvalue weighted by Gasteiger charge is -2.27. The summed E-state index contributed by atoms with van der Waals surface area (Å²) in [5.74, 6) is 1.38. The Morgan fingerprint density at radius 1 is 1.17 bits per heavy atom. The second kappa shape index (κ2) is 11.1. The Morgan fingerprint density at radius 3 is 2.39 bits per heavy atom. The molecule has 0 spiro atoms. The molecule has 2 rings (SSSR count). The predicted octanol–water partition coefficient (Wildman–Crippen LogP) is 0.907. The van der Waals surface area contributed by atoms with Crippen LogP contribution < -0.4 is 20.1 Å². The number of hydrogen-bond acceptors (Lipinski definition) is 5. The SMILES string of the molecule is CCOc1ccc(OCC(=O)NCCN2CCNCC2)cc1.Cl. The second-order valence-corrected chi connectivity index (χ2v) is 5.13. The normalized spacial score (nSPS) is 14.7.